The SMILES string of the molecule is CCCCn1cc(C(C)(C)C)s/c1=N\C(=NOC)c1cc(Cl)ccc1OC. The fraction of sp³-hybridized carbons (Fsp3) is 0.500. The number of halogens is 1. The summed E-state index contributed by atoms with van der Waals surface area (Å²) >= 11 is 7.86. The van der Waals surface area contributed by atoms with Crippen LogP contribution in [0.25, 0.3) is 0 Å². The van der Waals surface area contributed by atoms with Crippen molar-refractivity contribution >= 4 is 28.8 Å². The Hall–Kier alpha value is -1.79. The number of ether oxygens (including phenoxy) is 1. The van der Waals surface area contributed by atoms with Crippen LogP contribution in [0.15, 0.2) is 34.5 Å². The first-order chi connectivity index (χ1) is 12.8. The quantitative estimate of drug-likeness (QED) is 0.373. The lowest BCUT2D eigenvalue weighted by Gasteiger charge is -2.14. The lowest BCUT2D eigenvalue weighted by molar-refractivity contribution is 0.213. The standard InChI is InChI=1S/C20H28ClN3O2S/c1-7-8-11-24-13-17(20(2,3)4)27-19(24)22-18(23-26-6)15-12-14(21)9-10-16(15)25-5/h9-10,12-13H,7-8,11H2,1-6H3/b22-19-,23-18?. The van der Waals surface area contributed by atoms with E-state index in [0.717, 1.165) is 24.2 Å². The van der Waals surface area contributed by atoms with Crippen LogP contribution in [0.2, 0.25) is 5.02 Å². The van der Waals surface area contributed by atoms with Crippen molar-refractivity contribution in [1.82, 2.24) is 4.57 Å². The molecule has 1 aromatic heterocycles. The Morgan fingerprint density at radius 3 is 2.59 bits per heavy atom. The van der Waals surface area contributed by atoms with E-state index in [1.165, 1.54) is 12.0 Å². The summed E-state index contributed by atoms with van der Waals surface area (Å²) in [5.41, 5.74) is 0.748. The molecule has 1 heterocycles. The zero-order chi connectivity index (χ0) is 20.0. The van der Waals surface area contributed by atoms with Crippen molar-refractivity contribution < 1.29 is 9.57 Å². The van der Waals surface area contributed by atoms with E-state index in [1.807, 2.05) is 0 Å². The predicted molar refractivity (Wildman–Crippen MR) is 113 cm³/mol. The first-order valence-corrected chi connectivity index (χ1v) is 10.2. The molecule has 0 aliphatic heterocycles. The Balaban J connectivity index is 2.63. The number of hydrogen-bond acceptors (Lipinski definition) is 4. The Bertz CT molecular complexity index is 863. The van der Waals surface area contributed by atoms with Crippen LogP contribution in [0, 0.1) is 0 Å². The molecule has 0 N–H and O–H groups in total. The van der Waals surface area contributed by atoms with Crippen molar-refractivity contribution in [2.24, 2.45) is 10.1 Å². The first kappa shape index (κ1) is 21.5. The molecule has 0 radical (unpaired) electrons. The lowest BCUT2D eigenvalue weighted by Crippen LogP contribution is -2.17. The Kier molecular flexibility index (Phi) is 7.50. The fourth-order valence-corrected chi connectivity index (χ4v) is 3.71. The van der Waals surface area contributed by atoms with Crippen LogP contribution in [0.4, 0.5) is 0 Å². The summed E-state index contributed by atoms with van der Waals surface area (Å²) in [5.74, 6) is 1.08. The Morgan fingerprint density at radius 2 is 2.00 bits per heavy atom. The molecule has 7 heteroatoms. The van der Waals surface area contributed by atoms with E-state index in [2.05, 4.69) is 43.6 Å². The number of methoxy groups -OCH3 is 1. The molecule has 0 spiro atoms. The molecule has 27 heavy (non-hydrogen) atoms. The molecule has 0 aliphatic rings. The minimum atomic E-state index is 0.0543. The average Bonchev–Trinajstić information content (AvgIpc) is 3.02. The average molecular weight is 410 g/mol. The van der Waals surface area contributed by atoms with Gasteiger partial charge < -0.3 is 14.1 Å². The van der Waals surface area contributed by atoms with E-state index in [0.29, 0.717) is 22.2 Å². The van der Waals surface area contributed by atoms with Crippen molar-refractivity contribution in [1.29, 1.82) is 0 Å². The van der Waals surface area contributed by atoms with Gasteiger partial charge >= 0.3 is 0 Å². The number of amidine groups is 1. The summed E-state index contributed by atoms with van der Waals surface area (Å²) in [4.78, 5) is 12.0. The minimum absolute atomic E-state index is 0.0543. The van der Waals surface area contributed by atoms with Crippen molar-refractivity contribution in [2.75, 3.05) is 14.2 Å². The number of aryl methyl sites for hydroxylation is 1. The zero-order valence-electron chi connectivity index (χ0n) is 16.9. The molecule has 148 valence electrons. The highest BCUT2D eigenvalue weighted by molar-refractivity contribution is 7.09. The van der Waals surface area contributed by atoms with Gasteiger partial charge in [0.2, 0.25) is 5.84 Å². The molecule has 0 bridgehead atoms. The number of aromatic nitrogens is 1. The monoisotopic (exact) mass is 409 g/mol. The number of oxime groups is 1. The number of rotatable bonds is 6. The second-order valence-corrected chi connectivity index (χ2v) is 8.67. The smallest absolute Gasteiger partial charge is 0.205 e. The van der Waals surface area contributed by atoms with E-state index in [-0.39, 0.29) is 5.41 Å². The minimum Gasteiger partial charge on any atom is -0.496 e. The number of unbranched alkanes of at least 4 members (excludes halogenated alkanes) is 1. The highest BCUT2D eigenvalue weighted by Crippen LogP contribution is 2.26. The van der Waals surface area contributed by atoms with Gasteiger partial charge in [-0.05, 0) is 30.0 Å². The van der Waals surface area contributed by atoms with Crippen LogP contribution < -0.4 is 9.54 Å². The van der Waals surface area contributed by atoms with Crippen molar-refractivity contribution in [3.05, 3.63) is 44.7 Å². The maximum absolute atomic E-state index is 6.19. The topological polar surface area (TPSA) is 48.1 Å². The first-order valence-electron chi connectivity index (χ1n) is 9.00. The Labute approximate surface area is 170 Å². The van der Waals surface area contributed by atoms with Gasteiger partial charge in [-0.2, -0.15) is 4.99 Å². The van der Waals surface area contributed by atoms with Gasteiger partial charge in [0.05, 0.1) is 12.7 Å². The van der Waals surface area contributed by atoms with E-state index in [9.17, 15) is 0 Å². The lowest BCUT2D eigenvalue weighted by atomic mass is 9.95. The van der Waals surface area contributed by atoms with Crippen LogP contribution >= 0.6 is 22.9 Å². The maximum atomic E-state index is 6.19. The van der Waals surface area contributed by atoms with Gasteiger partial charge in [-0.25, -0.2) is 0 Å². The summed E-state index contributed by atoms with van der Waals surface area (Å²) < 4.78 is 7.65. The second kappa shape index (κ2) is 9.42. The Morgan fingerprint density at radius 1 is 1.26 bits per heavy atom. The normalized spacial score (nSPS) is 13.1. The van der Waals surface area contributed by atoms with E-state index in [4.69, 9.17) is 26.2 Å². The molecule has 0 aliphatic carbocycles. The van der Waals surface area contributed by atoms with Gasteiger partial charge in [0.15, 0.2) is 4.80 Å². The van der Waals surface area contributed by atoms with Gasteiger partial charge in [0.25, 0.3) is 0 Å². The van der Waals surface area contributed by atoms with Gasteiger partial charge in [0.1, 0.15) is 12.9 Å². The van der Waals surface area contributed by atoms with Crippen LogP contribution in [0.3, 0.4) is 0 Å². The van der Waals surface area contributed by atoms with Crippen molar-refractivity contribution in [3.8, 4) is 5.75 Å². The molecule has 0 saturated carbocycles. The highest BCUT2D eigenvalue weighted by atomic mass is 35.5. The van der Waals surface area contributed by atoms with E-state index in [1.54, 1.807) is 36.6 Å². The molecule has 5 nitrogen and oxygen atoms in total. The molecule has 0 fully saturated rings. The van der Waals surface area contributed by atoms with Gasteiger partial charge in [-0.15, -0.1) is 11.3 Å². The van der Waals surface area contributed by atoms with Crippen LogP contribution in [-0.4, -0.2) is 24.6 Å². The zero-order valence-corrected chi connectivity index (χ0v) is 18.4. The van der Waals surface area contributed by atoms with Crippen LogP contribution in [0.1, 0.15) is 51.0 Å². The molecule has 0 amide bonds. The maximum Gasteiger partial charge on any atom is 0.205 e. The van der Waals surface area contributed by atoms with Gasteiger partial charge in [-0.1, -0.05) is 50.9 Å². The molecular formula is C20H28ClN3O2S. The predicted octanol–water partition coefficient (Wildman–Crippen LogP) is 5.22. The molecule has 0 saturated heterocycles. The molecule has 0 unspecified atom stereocenters. The molecule has 2 rings (SSSR count). The number of benzene rings is 1. The summed E-state index contributed by atoms with van der Waals surface area (Å²) in [7, 11) is 3.12. The number of nitrogens with zero attached hydrogens (tertiary/aromatic N) is 3. The third-order valence-electron chi connectivity index (χ3n) is 3.99. The van der Waals surface area contributed by atoms with Gasteiger partial charge in [-0.3, -0.25) is 0 Å². The van der Waals surface area contributed by atoms with Crippen molar-refractivity contribution in [2.45, 2.75) is 52.5 Å². The molecule has 0 atom stereocenters. The summed E-state index contributed by atoms with van der Waals surface area (Å²) in [5, 5.41) is 4.73. The largest absolute Gasteiger partial charge is 0.496 e. The molecule has 2 aromatic rings. The third kappa shape index (κ3) is 5.59. The van der Waals surface area contributed by atoms with Crippen LogP contribution in [0.5, 0.6) is 5.75 Å². The fourth-order valence-electron chi connectivity index (χ4n) is 2.46. The van der Waals surface area contributed by atoms with Crippen LogP contribution in [-0.2, 0) is 16.8 Å². The van der Waals surface area contributed by atoms with Crippen molar-refractivity contribution in [3.63, 3.8) is 0 Å². The highest BCUT2D eigenvalue weighted by Gasteiger charge is 2.19. The number of thiazole rings is 1. The second-order valence-electron chi connectivity index (χ2n) is 7.23. The molecule has 1 aromatic carbocycles. The molecular weight excluding hydrogens is 382 g/mol. The number of hydrogen-bond donors (Lipinski definition) is 0. The summed E-state index contributed by atoms with van der Waals surface area (Å²) in [6.07, 6.45) is 4.40. The summed E-state index contributed by atoms with van der Waals surface area (Å²) in [6.45, 7) is 9.71. The third-order valence-corrected chi connectivity index (χ3v) is 5.67. The van der Waals surface area contributed by atoms with E-state index < -0.39 is 0 Å². The van der Waals surface area contributed by atoms with Gasteiger partial charge in [0, 0.05) is 22.6 Å². The summed E-state index contributed by atoms with van der Waals surface area (Å²) in [6, 6.07) is 5.37. The van der Waals surface area contributed by atoms with E-state index >= 15 is 0 Å².